The fourth-order valence-corrected chi connectivity index (χ4v) is 1.32. The van der Waals surface area contributed by atoms with Crippen molar-refractivity contribution in [2.75, 3.05) is 6.54 Å². The molecule has 3 heteroatoms. The van der Waals surface area contributed by atoms with Gasteiger partial charge in [0.25, 0.3) is 0 Å². The summed E-state index contributed by atoms with van der Waals surface area (Å²) < 4.78 is 0. The van der Waals surface area contributed by atoms with Crippen molar-refractivity contribution < 1.29 is 0 Å². The smallest absolute Gasteiger partial charge is 0.118 e. The Labute approximate surface area is 64.4 Å². The SMILES string of the molecule is C=C(CCN)c1nccs1. The summed E-state index contributed by atoms with van der Waals surface area (Å²) in [5.41, 5.74) is 6.39. The van der Waals surface area contributed by atoms with Crippen LogP contribution in [-0.2, 0) is 0 Å². The summed E-state index contributed by atoms with van der Waals surface area (Å²) >= 11 is 1.60. The number of rotatable bonds is 3. The van der Waals surface area contributed by atoms with Crippen LogP contribution >= 0.6 is 11.3 Å². The van der Waals surface area contributed by atoms with Crippen LogP contribution in [0.4, 0.5) is 0 Å². The molecule has 0 unspecified atom stereocenters. The lowest BCUT2D eigenvalue weighted by Crippen LogP contribution is -1.98. The van der Waals surface area contributed by atoms with Crippen LogP contribution in [-0.4, -0.2) is 11.5 Å². The zero-order valence-electron chi connectivity index (χ0n) is 5.71. The maximum atomic E-state index is 5.35. The van der Waals surface area contributed by atoms with Crippen molar-refractivity contribution in [2.24, 2.45) is 5.73 Å². The quantitative estimate of drug-likeness (QED) is 0.716. The highest BCUT2D eigenvalue weighted by Gasteiger charge is 1.98. The standard InChI is InChI=1S/C7H10N2S/c1-6(2-3-8)7-9-4-5-10-7/h4-5H,1-3,8H2. The lowest BCUT2D eigenvalue weighted by atomic mass is 10.2. The van der Waals surface area contributed by atoms with Crippen molar-refractivity contribution in [3.05, 3.63) is 23.2 Å². The molecular formula is C7H10N2S. The third-order valence-electron chi connectivity index (χ3n) is 1.18. The number of hydrogen-bond donors (Lipinski definition) is 1. The van der Waals surface area contributed by atoms with Crippen LogP contribution in [0.3, 0.4) is 0 Å². The summed E-state index contributed by atoms with van der Waals surface area (Å²) in [6.07, 6.45) is 2.62. The van der Waals surface area contributed by atoms with Crippen molar-refractivity contribution in [3.63, 3.8) is 0 Å². The first kappa shape index (κ1) is 7.44. The molecule has 1 aromatic heterocycles. The first-order valence-corrected chi connectivity index (χ1v) is 4.00. The van der Waals surface area contributed by atoms with Crippen LogP contribution in [0.1, 0.15) is 11.4 Å². The van der Waals surface area contributed by atoms with Crippen LogP contribution < -0.4 is 5.73 Å². The Kier molecular flexibility index (Phi) is 2.59. The molecule has 0 spiro atoms. The summed E-state index contributed by atoms with van der Waals surface area (Å²) in [6, 6.07) is 0. The van der Waals surface area contributed by atoms with Crippen molar-refractivity contribution in [1.29, 1.82) is 0 Å². The molecule has 0 aliphatic carbocycles. The van der Waals surface area contributed by atoms with E-state index in [-0.39, 0.29) is 0 Å². The summed E-state index contributed by atoms with van der Waals surface area (Å²) in [4.78, 5) is 4.10. The number of nitrogens with two attached hydrogens (primary N) is 1. The number of aromatic nitrogens is 1. The zero-order chi connectivity index (χ0) is 7.40. The van der Waals surface area contributed by atoms with Gasteiger partial charge in [0.2, 0.25) is 0 Å². The fraction of sp³-hybridized carbons (Fsp3) is 0.286. The predicted octanol–water partition coefficient (Wildman–Crippen LogP) is 1.51. The Morgan fingerprint density at radius 1 is 1.80 bits per heavy atom. The van der Waals surface area contributed by atoms with E-state index in [2.05, 4.69) is 11.6 Å². The van der Waals surface area contributed by atoms with E-state index in [0.717, 1.165) is 17.0 Å². The van der Waals surface area contributed by atoms with Crippen LogP contribution in [0.15, 0.2) is 18.2 Å². The molecule has 1 aromatic rings. The largest absolute Gasteiger partial charge is 0.330 e. The number of hydrogen-bond acceptors (Lipinski definition) is 3. The second-order valence-corrected chi connectivity index (χ2v) is 2.87. The maximum Gasteiger partial charge on any atom is 0.118 e. The second-order valence-electron chi connectivity index (χ2n) is 1.98. The minimum absolute atomic E-state index is 0.651. The minimum Gasteiger partial charge on any atom is -0.330 e. The molecule has 0 bridgehead atoms. The summed E-state index contributed by atoms with van der Waals surface area (Å²) in [6.45, 7) is 4.51. The summed E-state index contributed by atoms with van der Waals surface area (Å²) in [5.74, 6) is 0. The molecule has 0 atom stereocenters. The van der Waals surface area contributed by atoms with Gasteiger partial charge in [0.1, 0.15) is 5.01 Å². The van der Waals surface area contributed by atoms with E-state index < -0.39 is 0 Å². The van der Waals surface area contributed by atoms with Crippen molar-refractivity contribution in [1.82, 2.24) is 4.98 Å². The van der Waals surface area contributed by atoms with Gasteiger partial charge in [0, 0.05) is 11.6 Å². The first-order chi connectivity index (χ1) is 4.84. The van der Waals surface area contributed by atoms with Crippen LogP contribution in [0.25, 0.3) is 5.57 Å². The topological polar surface area (TPSA) is 38.9 Å². The maximum absolute atomic E-state index is 5.35. The summed E-state index contributed by atoms with van der Waals surface area (Å²) in [7, 11) is 0. The lowest BCUT2D eigenvalue weighted by Gasteiger charge is -1.95. The molecular weight excluding hydrogens is 144 g/mol. The Morgan fingerprint density at radius 2 is 2.60 bits per heavy atom. The van der Waals surface area contributed by atoms with Crippen molar-refractivity contribution >= 4 is 16.9 Å². The average molecular weight is 154 g/mol. The minimum atomic E-state index is 0.651. The molecule has 54 valence electrons. The van der Waals surface area contributed by atoms with Crippen LogP contribution in [0.5, 0.6) is 0 Å². The molecule has 1 heterocycles. The Balaban J connectivity index is 2.59. The van der Waals surface area contributed by atoms with E-state index in [0.29, 0.717) is 6.54 Å². The third-order valence-corrected chi connectivity index (χ3v) is 2.06. The highest BCUT2D eigenvalue weighted by Crippen LogP contribution is 2.16. The van der Waals surface area contributed by atoms with Gasteiger partial charge in [-0.25, -0.2) is 4.98 Å². The van der Waals surface area contributed by atoms with Gasteiger partial charge >= 0.3 is 0 Å². The first-order valence-electron chi connectivity index (χ1n) is 3.12. The predicted molar refractivity (Wildman–Crippen MR) is 44.8 cm³/mol. The van der Waals surface area contributed by atoms with Gasteiger partial charge in [-0.3, -0.25) is 0 Å². The van der Waals surface area contributed by atoms with E-state index >= 15 is 0 Å². The molecule has 0 radical (unpaired) electrons. The third kappa shape index (κ3) is 1.65. The summed E-state index contributed by atoms with van der Waals surface area (Å²) in [5, 5.41) is 2.95. The number of nitrogens with zero attached hydrogens (tertiary/aromatic N) is 1. The molecule has 0 fully saturated rings. The van der Waals surface area contributed by atoms with Gasteiger partial charge in [0.15, 0.2) is 0 Å². The Hall–Kier alpha value is -0.670. The van der Waals surface area contributed by atoms with E-state index in [9.17, 15) is 0 Å². The van der Waals surface area contributed by atoms with Gasteiger partial charge in [-0.05, 0) is 18.5 Å². The van der Waals surface area contributed by atoms with Crippen molar-refractivity contribution in [2.45, 2.75) is 6.42 Å². The highest BCUT2D eigenvalue weighted by atomic mass is 32.1. The van der Waals surface area contributed by atoms with Gasteiger partial charge in [-0.1, -0.05) is 6.58 Å². The van der Waals surface area contributed by atoms with E-state index in [4.69, 9.17) is 5.73 Å². The van der Waals surface area contributed by atoms with E-state index in [1.807, 2.05) is 5.38 Å². The molecule has 0 amide bonds. The fourth-order valence-electron chi connectivity index (χ4n) is 0.679. The van der Waals surface area contributed by atoms with Crippen molar-refractivity contribution in [3.8, 4) is 0 Å². The normalized spacial score (nSPS) is 9.70. The molecule has 0 saturated carbocycles. The average Bonchev–Trinajstić information content (AvgIpc) is 2.38. The molecule has 1 rings (SSSR count). The Morgan fingerprint density at radius 3 is 3.10 bits per heavy atom. The van der Waals surface area contributed by atoms with E-state index in [1.54, 1.807) is 17.5 Å². The highest BCUT2D eigenvalue weighted by molar-refractivity contribution is 7.10. The van der Waals surface area contributed by atoms with Gasteiger partial charge in [-0.15, -0.1) is 11.3 Å². The molecule has 0 saturated heterocycles. The monoisotopic (exact) mass is 154 g/mol. The number of thiazole rings is 1. The van der Waals surface area contributed by atoms with Gasteiger partial charge in [0.05, 0.1) is 0 Å². The Bertz CT molecular complexity index is 203. The molecule has 10 heavy (non-hydrogen) atoms. The molecule has 0 aromatic carbocycles. The van der Waals surface area contributed by atoms with Gasteiger partial charge in [-0.2, -0.15) is 0 Å². The van der Waals surface area contributed by atoms with Gasteiger partial charge < -0.3 is 5.73 Å². The van der Waals surface area contributed by atoms with Crippen LogP contribution in [0, 0.1) is 0 Å². The second kappa shape index (κ2) is 3.49. The van der Waals surface area contributed by atoms with E-state index in [1.165, 1.54) is 0 Å². The zero-order valence-corrected chi connectivity index (χ0v) is 6.53. The van der Waals surface area contributed by atoms with Crippen LogP contribution in [0.2, 0.25) is 0 Å². The molecule has 0 aliphatic heterocycles. The molecule has 2 N–H and O–H groups in total. The molecule has 2 nitrogen and oxygen atoms in total. The lowest BCUT2D eigenvalue weighted by molar-refractivity contribution is 1.02. The molecule has 0 aliphatic rings.